The van der Waals surface area contributed by atoms with Gasteiger partial charge in [0.1, 0.15) is 5.75 Å². The molecule has 134 valence electrons. The van der Waals surface area contributed by atoms with E-state index < -0.39 is 0 Å². The molecule has 2 rings (SSSR count). The third-order valence-electron chi connectivity index (χ3n) is 5.25. The molecule has 2 unspecified atom stereocenters. The topological polar surface area (TPSA) is 32.8 Å². The van der Waals surface area contributed by atoms with Crippen LogP contribution in [-0.4, -0.2) is 55.0 Å². The molecule has 24 heavy (non-hydrogen) atoms. The van der Waals surface area contributed by atoms with Crippen LogP contribution in [0.15, 0.2) is 24.3 Å². The van der Waals surface area contributed by atoms with Crippen LogP contribution in [0.3, 0.4) is 0 Å². The summed E-state index contributed by atoms with van der Waals surface area (Å²) in [5, 5.41) is 0. The van der Waals surface area contributed by atoms with E-state index in [1.54, 1.807) is 7.11 Å². The standard InChI is InChI=1S/C20H32N2O2/c1-5-18-8-6-7-13-22(18)20(23)15-21(3)16(2)14-17-9-11-19(24-4)12-10-17/h9-12,16,18H,5-8,13-15H2,1-4H3. The molecule has 0 spiro atoms. The summed E-state index contributed by atoms with van der Waals surface area (Å²) < 4.78 is 5.20. The van der Waals surface area contributed by atoms with Gasteiger partial charge < -0.3 is 9.64 Å². The van der Waals surface area contributed by atoms with Crippen molar-refractivity contribution in [3.8, 4) is 5.75 Å². The second-order valence-electron chi connectivity index (χ2n) is 6.96. The highest BCUT2D eigenvalue weighted by Crippen LogP contribution is 2.20. The molecule has 2 atom stereocenters. The summed E-state index contributed by atoms with van der Waals surface area (Å²) >= 11 is 0. The van der Waals surface area contributed by atoms with E-state index >= 15 is 0 Å². The summed E-state index contributed by atoms with van der Waals surface area (Å²) in [6, 6.07) is 8.95. The van der Waals surface area contributed by atoms with Gasteiger partial charge in [-0.1, -0.05) is 19.1 Å². The van der Waals surface area contributed by atoms with E-state index in [2.05, 4.69) is 42.8 Å². The fourth-order valence-electron chi connectivity index (χ4n) is 3.47. The Balaban J connectivity index is 1.87. The number of likely N-dealkylation sites (N-methyl/N-ethyl adjacent to an activating group) is 1. The lowest BCUT2D eigenvalue weighted by molar-refractivity contribution is -0.136. The number of rotatable bonds is 7. The summed E-state index contributed by atoms with van der Waals surface area (Å²) in [5.41, 5.74) is 1.27. The van der Waals surface area contributed by atoms with Crippen LogP contribution in [0.2, 0.25) is 0 Å². The van der Waals surface area contributed by atoms with Gasteiger partial charge in [0.2, 0.25) is 5.91 Å². The minimum Gasteiger partial charge on any atom is -0.497 e. The van der Waals surface area contributed by atoms with Crippen LogP contribution < -0.4 is 4.74 Å². The first-order chi connectivity index (χ1) is 11.5. The third kappa shape index (κ3) is 4.97. The van der Waals surface area contributed by atoms with E-state index in [0.29, 0.717) is 18.6 Å². The van der Waals surface area contributed by atoms with Gasteiger partial charge >= 0.3 is 0 Å². The maximum Gasteiger partial charge on any atom is 0.236 e. The van der Waals surface area contributed by atoms with Crippen LogP contribution in [0.4, 0.5) is 0 Å². The molecule has 1 aliphatic heterocycles. The molecule has 4 heteroatoms. The number of benzene rings is 1. The third-order valence-corrected chi connectivity index (χ3v) is 5.25. The molecule has 0 aromatic heterocycles. The Hall–Kier alpha value is -1.55. The summed E-state index contributed by atoms with van der Waals surface area (Å²) in [4.78, 5) is 17.0. The van der Waals surface area contributed by atoms with Gasteiger partial charge in [0.25, 0.3) is 0 Å². The van der Waals surface area contributed by atoms with Crippen LogP contribution in [0.1, 0.15) is 45.1 Å². The molecule has 0 aliphatic carbocycles. The molecule has 1 aliphatic rings. The van der Waals surface area contributed by atoms with Crippen molar-refractivity contribution in [3.63, 3.8) is 0 Å². The molecule has 1 saturated heterocycles. The highest BCUT2D eigenvalue weighted by atomic mass is 16.5. The van der Waals surface area contributed by atoms with Crippen molar-refractivity contribution in [1.29, 1.82) is 0 Å². The second-order valence-corrected chi connectivity index (χ2v) is 6.96. The fraction of sp³-hybridized carbons (Fsp3) is 0.650. The van der Waals surface area contributed by atoms with Crippen LogP contribution in [0, 0.1) is 0 Å². The monoisotopic (exact) mass is 332 g/mol. The molecule has 1 aromatic carbocycles. The zero-order chi connectivity index (χ0) is 17.5. The predicted molar refractivity (Wildman–Crippen MR) is 98.4 cm³/mol. The molecule has 4 nitrogen and oxygen atoms in total. The minimum absolute atomic E-state index is 0.283. The SMILES string of the molecule is CCC1CCCCN1C(=O)CN(C)C(C)Cc1ccc(OC)cc1. The molecule has 1 amide bonds. The highest BCUT2D eigenvalue weighted by molar-refractivity contribution is 5.78. The Kier molecular flexibility index (Phi) is 7.10. The molecule has 1 heterocycles. The number of hydrogen-bond donors (Lipinski definition) is 0. The van der Waals surface area contributed by atoms with Crippen molar-refractivity contribution < 1.29 is 9.53 Å². The normalized spacial score (nSPS) is 19.4. The van der Waals surface area contributed by atoms with Crippen LogP contribution in [0.25, 0.3) is 0 Å². The lowest BCUT2D eigenvalue weighted by atomic mass is 10.00. The lowest BCUT2D eigenvalue weighted by Crippen LogP contribution is -2.48. The lowest BCUT2D eigenvalue weighted by Gasteiger charge is -2.37. The van der Waals surface area contributed by atoms with Crippen molar-refractivity contribution in [2.24, 2.45) is 0 Å². The van der Waals surface area contributed by atoms with E-state index in [-0.39, 0.29) is 5.91 Å². The van der Waals surface area contributed by atoms with Gasteiger partial charge in [0.15, 0.2) is 0 Å². The molecular weight excluding hydrogens is 300 g/mol. The highest BCUT2D eigenvalue weighted by Gasteiger charge is 2.26. The Morgan fingerprint density at radius 1 is 1.33 bits per heavy atom. The van der Waals surface area contributed by atoms with Crippen molar-refractivity contribution in [2.45, 2.75) is 58.0 Å². The maximum atomic E-state index is 12.7. The van der Waals surface area contributed by atoms with E-state index in [1.807, 2.05) is 12.1 Å². The summed E-state index contributed by atoms with van der Waals surface area (Å²) in [6.07, 6.45) is 5.56. The zero-order valence-corrected chi connectivity index (χ0v) is 15.6. The van der Waals surface area contributed by atoms with Gasteiger partial charge in [-0.15, -0.1) is 0 Å². The first-order valence-electron chi connectivity index (χ1n) is 9.17. The van der Waals surface area contributed by atoms with Crippen LogP contribution >= 0.6 is 0 Å². The first-order valence-corrected chi connectivity index (χ1v) is 9.17. The number of carbonyl (C=O) groups excluding carboxylic acids is 1. The van der Waals surface area contributed by atoms with Gasteiger partial charge in [-0.25, -0.2) is 0 Å². The van der Waals surface area contributed by atoms with Crippen molar-refractivity contribution in [3.05, 3.63) is 29.8 Å². The van der Waals surface area contributed by atoms with Gasteiger partial charge in [-0.3, -0.25) is 9.69 Å². The number of methoxy groups -OCH3 is 1. The number of likely N-dealkylation sites (tertiary alicyclic amines) is 1. The number of piperidine rings is 1. The number of amides is 1. The van der Waals surface area contributed by atoms with Crippen molar-refractivity contribution in [1.82, 2.24) is 9.80 Å². The maximum absolute atomic E-state index is 12.7. The van der Waals surface area contributed by atoms with Crippen LogP contribution in [0.5, 0.6) is 5.75 Å². The zero-order valence-electron chi connectivity index (χ0n) is 15.6. The summed E-state index contributed by atoms with van der Waals surface area (Å²) in [5.74, 6) is 1.16. The number of hydrogen-bond acceptors (Lipinski definition) is 3. The van der Waals surface area contributed by atoms with Gasteiger partial charge in [-0.05, 0) is 63.8 Å². The van der Waals surface area contributed by atoms with Gasteiger partial charge in [-0.2, -0.15) is 0 Å². The molecule has 1 fully saturated rings. The van der Waals surface area contributed by atoms with Crippen LogP contribution in [-0.2, 0) is 11.2 Å². The quantitative estimate of drug-likeness (QED) is 0.768. The molecular formula is C20H32N2O2. The van der Waals surface area contributed by atoms with Gasteiger partial charge in [0, 0.05) is 18.6 Å². The van der Waals surface area contributed by atoms with E-state index in [4.69, 9.17) is 4.74 Å². The number of carbonyl (C=O) groups is 1. The van der Waals surface area contributed by atoms with E-state index in [9.17, 15) is 4.79 Å². The van der Waals surface area contributed by atoms with Crippen molar-refractivity contribution in [2.75, 3.05) is 27.2 Å². The Morgan fingerprint density at radius 2 is 2.04 bits per heavy atom. The number of nitrogens with zero attached hydrogens (tertiary/aromatic N) is 2. The van der Waals surface area contributed by atoms with E-state index in [0.717, 1.165) is 38.0 Å². The predicted octanol–water partition coefficient (Wildman–Crippen LogP) is 3.35. The fourth-order valence-corrected chi connectivity index (χ4v) is 3.47. The molecule has 0 bridgehead atoms. The number of ether oxygens (including phenoxy) is 1. The molecule has 0 radical (unpaired) electrons. The molecule has 0 N–H and O–H groups in total. The molecule has 0 saturated carbocycles. The Labute approximate surface area is 146 Å². The second kappa shape index (κ2) is 9.07. The Morgan fingerprint density at radius 3 is 2.67 bits per heavy atom. The largest absolute Gasteiger partial charge is 0.497 e. The Bertz CT molecular complexity index is 515. The minimum atomic E-state index is 0.283. The average Bonchev–Trinajstić information content (AvgIpc) is 2.62. The van der Waals surface area contributed by atoms with E-state index in [1.165, 1.54) is 12.0 Å². The summed E-state index contributed by atoms with van der Waals surface area (Å²) in [6.45, 7) is 5.81. The smallest absolute Gasteiger partial charge is 0.236 e. The van der Waals surface area contributed by atoms with Gasteiger partial charge in [0.05, 0.1) is 13.7 Å². The average molecular weight is 332 g/mol. The molecule has 1 aromatic rings. The first kappa shape index (κ1) is 18.8. The van der Waals surface area contributed by atoms with Crippen molar-refractivity contribution >= 4 is 5.91 Å². The summed E-state index contributed by atoms with van der Waals surface area (Å²) in [7, 11) is 3.73.